The summed E-state index contributed by atoms with van der Waals surface area (Å²) >= 11 is 0. The van der Waals surface area contributed by atoms with E-state index in [2.05, 4.69) is 83.9 Å². The van der Waals surface area contributed by atoms with Crippen LogP contribution in [0, 0.1) is 0 Å². The summed E-state index contributed by atoms with van der Waals surface area (Å²) in [6.45, 7) is 2.94. The summed E-state index contributed by atoms with van der Waals surface area (Å²) in [7, 11) is 4.19. The van der Waals surface area contributed by atoms with Gasteiger partial charge in [0.15, 0.2) is 0 Å². The van der Waals surface area contributed by atoms with E-state index in [1.54, 1.807) is 0 Å². The molecule has 4 aromatic rings. The first-order valence-electron chi connectivity index (χ1n) is 9.69. The molecule has 0 aliphatic carbocycles. The van der Waals surface area contributed by atoms with Crippen LogP contribution in [0.5, 0.6) is 0 Å². The quantitative estimate of drug-likeness (QED) is 0.469. The Morgan fingerprint density at radius 2 is 1.64 bits per heavy atom. The standard InChI is InChI=1S/C24H26N4/c1-28(2)15-14-25-17-18-10-12-19(13-11-18)20-6-5-7-21(16-20)24-26-22-8-3-4-9-23(22)27-24/h3-13,16,25H,14-15,17H2,1-2H3,(H,26,27). The van der Waals surface area contributed by atoms with Gasteiger partial charge in [0.05, 0.1) is 11.0 Å². The fourth-order valence-electron chi connectivity index (χ4n) is 3.29. The Kier molecular flexibility index (Phi) is 5.51. The second-order valence-electron chi connectivity index (χ2n) is 7.36. The van der Waals surface area contributed by atoms with E-state index in [4.69, 9.17) is 4.98 Å². The first-order chi connectivity index (χ1) is 13.7. The smallest absolute Gasteiger partial charge is 0.138 e. The van der Waals surface area contributed by atoms with Crippen LogP contribution in [0.3, 0.4) is 0 Å². The lowest BCUT2D eigenvalue weighted by molar-refractivity contribution is 0.400. The normalized spacial score (nSPS) is 11.4. The number of H-pyrrole nitrogens is 1. The van der Waals surface area contributed by atoms with Crippen molar-refractivity contribution in [2.45, 2.75) is 6.54 Å². The Bertz CT molecular complexity index is 1010. The highest BCUT2D eigenvalue weighted by Crippen LogP contribution is 2.26. The van der Waals surface area contributed by atoms with E-state index in [1.165, 1.54) is 16.7 Å². The molecule has 0 aliphatic heterocycles. The van der Waals surface area contributed by atoms with Gasteiger partial charge >= 0.3 is 0 Å². The number of aromatic nitrogens is 2. The van der Waals surface area contributed by atoms with Crippen LogP contribution in [-0.4, -0.2) is 42.1 Å². The van der Waals surface area contributed by atoms with Gasteiger partial charge in [-0.3, -0.25) is 0 Å². The second-order valence-corrected chi connectivity index (χ2v) is 7.36. The summed E-state index contributed by atoms with van der Waals surface area (Å²) in [5.74, 6) is 0.907. The van der Waals surface area contributed by atoms with Gasteiger partial charge < -0.3 is 15.2 Å². The van der Waals surface area contributed by atoms with E-state index in [-0.39, 0.29) is 0 Å². The van der Waals surface area contributed by atoms with Crippen molar-refractivity contribution in [3.8, 4) is 22.5 Å². The molecule has 0 saturated carbocycles. The van der Waals surface area contributed by atoms with Crippen LogP contribution in [0.4, 0.5) is 0 Å². The highest BCUT2D eigenvalue weighted by molar-refractivity contribution is 5.80. The van der Waals surface area contributed by atoms with E-state index in [0.717, 1.165) is 42.1 Å². The largest absolute Gasteiger partial charge is 0.338 e. The van der Waals surface area contributed by atoms with Crippen molar-refractivity contribution in [1.29, 1.82) is 0 Å². The van der Waals surface area contributed by atoms with Gasteiger partial charge in [-0.15, -0.1) is 0 Å². The molecule has 0 amide bonds. The Hall–Kier alpha value is -2.95. The maximum atomic E-state index is 4.72. The van der Waals surface area contributed by atoms with Gasteiger partial charge in [0.2, 0.25) is 0 Å². The Morgan fingerprint density at radius 1 is 0.857 bits per heavy atom. The number of benzene rings is 3. The van der Waals surface area contributed by atoms with Crippen molar-refractivity contribution in [1.82, 2.24) is 20.2 Å². The van der Waals surface area contributed by atoms with E-state index >= 15 is 0 Å². The lowest BCUT2D eigenvalue weighted by atomic mass is 10.0. The van der Waals surface area contributed by atoms with Gasteiger partial charge in [-0.2, -0.15) is 0 Å². The SMILES string of the molecule is CN(C)CCNCc1ccc(-c2cccc(-c3nc4ccccc4[nH]3)c2)cc1. The summed E-state index contributed by atoms with van der Waals surface area (Å²) in [5, 5.41) is 3.48. The minimum Gasteiger partial charge on any atom is -0.338 e. The van der Waals surface area contributed by atoms with E-state index in [0.29, 0.717) is 0 Å². The highest BCUT2D eigenvalue weighted by Gasteiger charge is 2.06. The Morgan fingerprint density at radius 3 is 2.43 bits per heavy atom. The van der Waals surface area contributed by atoms with Crippen molar-refractivity contribution in [3.05, 3.63) is 78.4 Å². The molecule has 0 atom stereocenters. The molecule has 4 rings (SSSR count). The summed E-state index contributed by atoms with van der Waals surface area (Å²) < 4.78 is 0. The molecular formula is C24H26N4. The molecule has 0 saturated heterocycles. The highest BCUT2D eigenvalue weighted by atomic mass is 15.1. The number of hydrogen-bond donors (Lipinski definition) is 2. The summed E-state index contributed by atoms with van der Waals surface area (Å²) in [6.07, 6.45) is 0. The van der Waals surface area contributed by atoms with Gasteiger partial charge in [-0.05, 0) is 49.0 Å². The summed E-state index contributed by atoms with van der Waals surface area (Å²) in [4.78, 5) is 10.3. The fraction of sp³-hybridized carbons (Fsp3) is 0.208. The van der Waals surface area contributed by atoms with Crippen molar-refractivity contribution in [3.63, 3.8) is 0 Å². The van der Waals surface area contributed by atoms with Crippen LogP contribution < -0.4 is 5.32 Å². The number of para-hydroxylation sites is 2. The molecular weight excluding hydrogens is 344 g/mol. The van der Waals surface area contributed by atoms with Crippen LogP contribution in [0.25, 0.3) is 33.5 Å². The van der Waals surface area contributed by atoms with E-state index in [9.17, 15) is 0 Å². The Balaban J connectivity index is 1.49. The molecule has 0 spiro atoms. The second kappa shape index (κ2) is 8.38. The molecule has 0 unspecified atom stereocenters. The number of nitrogens with one attached hydrogen (secondary N) is 2. The number of imidazole rings is 1. The van der Waals surface area contributed by atoms with Gasteiger partial charge in [-0.25, -0.2) is 4.98 Å². The summed E-state index contributed by atoms with van der Waals surface area (Å²) in [5.41, 5.74) is 6.88. The molecule has 3 aromatic carbocycles. The molecule has 4 nitrogen and oxygen atoms in total. The molecule has 0 fully saturated rings. The van der Waals surface area contributed by atoms with Crippen LogP contribution >= 0.6 is 0 Å². The number of fused-ring (bicyclic) bond motifs is 1. The number of nitrogens with zero attached hydrogens (tertiary/aromatic N) is 2. The number of likely N-dealkylation sites (N-methyl/N-ethyl adjacent to an activating group) is 1. The van der Waals surface area contributed by atoms with Crippen molar-refractivity contribution < 1.29 is 0 Å². The van der Waals surface area contributed by atoms with Gasteiger partial charge in [0, 0.05) is 25.2 Å². The molecule has 142 valence electrons. The van der Waals surface area contributed by atoms with Crippen LogP contribution in [0.15, 0.2) is 72.8 Å². The van der Waals surface area contributed by atoms with E-state index < -0.39 is 0 Å². The lowest BCUT2D eigenvalue weighted by Gasteiger charge is -2.11. The van der Waals surface area contributed by atoms with Gasteiger partial charge in [0.25, 0.3) is 0 Å². The zero-order chi connectivity index (χ0) is 19.3. The molecule has 0 aliphatic rings. The summed E-state index contributed by atoms with van der Waals surface area (Å²) in [6, 6.07) is 25.5. The fourth-order valence-corrected chi connectivity index (χ4v) is 3.29. The van der Waals surface area contributed by atoms with Crippen molar-refractivity contribution in [2.24, 2.45) is 0 Å². The van der Waals surface area contributed by atoms with Gasteiger partial charge in [0.1, 0.15) is 5.82 Å². The predicted octanol–water partition coefficient (Wildman–Crippen LogP) is 4.55. The lowest BCUT2D eigenvalue weighted by Crippen LogP contribution is -2.26. The molecule has 28 heavy (non-hydrogen) atoms. The number of aromatic amines is 1. The van der Waals surface area contributed by atoms with Crippen molar-refractivity contribution >= 4 is 11.0 Å². The third kappa shape index (κ3) is 4.30. The Labute approximate surface area is 166 Å². The molecule has 4 heteroatoms. The average molecular weight is 371 g/mol. The molecule has 1 aromatic heterocycles. The molecule has 0 bridgehead atoms. The van der Waals surface area contributed by atoms with E-state index in [1.807, 2.05) is 18.2 Å². The zero-order valence-electron chi connectivity index (χ0n) is 16.4. The topological polar surface area (TPSA) is 44.0 Å². The minimum absolute atomic E-state index is 0.896. The maximum absolute atomic E-state index is 4.72. The minimum atomic E-state index is 0.896. The molecule has 2 N–H and O–H groups in total. The zero-order valence-corrected chi connectivity index (χ0v) is 16.4. The average Bonchev–Trinajstić information content (AvgIpc) is 3.16. The number of rotatable bonds is 7. The van der Waals surface area contributed by atoms with Crippen LogP contribution in [0.2, 0.25) is 0 Å². The predicted molar refractivity (Wildman–Crippen MR) is 117 cm³/mol. The number of hydrogen-bond acceptors (Lipinski definition) is 3. The molecule has 0 radical (unpaired) electrons. The monoisotopic (exact) mass is 370 g/mol. The third-order valence-electron chi connectivity index (χ3n) is 4.88. The van der Waals surface area contributed by atoms with Gasteiger partial charge in [-0.1, -0.05) is 54.6 Å². The van der Waals surface area contributed by atoms with Crippen LogP contribution in [0.1, 0.15) is 5.56 Å². The third-order valence-corrected chi connectivity index (χ3v) is 4.88. The molecule has 1 heterocycles. The van der Waals surface area contributed by atoms with Crippen LogP contribution in [-0.2, 0) is 6.54 Å². The first-order valence-corrected chi connectivity index (χ1v) is 9.69. The maximum Gasteiger partial charge on any atom is 0.138 e. The van der Waals surface area contributed by atoms with Crippen molar-refractivity contribution in [2.75, 3.05) is 27.2 Å². The first kappa shape index (κ1) is 18.4.